The highest BCUT2D eigenvalue weighted by Crippen LogP contribution is 2.22. The molecule has 0 aliphatic carbocycles. The summed E-state index contributed by atoms with van der Waals surface area (Å²) in [5.74, 6) is 0.362. The Kier molecular flexibility index (Phi) is 4.04. The van der Waals surface area contributed by atoms with Crippen molar-refractivity contribution in [2.45, 2.75) is 13.0 Å². The van der Waals surface area contributed by atoms with E-state index in [1.807, 2.05) is 31.2 Å². The summed E-state index contributed by atoms with van der Waals surface area (Å²) < 4.78 is 16.6. The van der Waals surface area contributed by atoms with Gasteiger partial charge in [0.1, 0.15) is 11.8 Å². The summed E-state index contributed by atoms with van der Waals surface area (Å²) in [5.41, 5.74) is 1.25. The van der Waals surface area contributed by atoms with Crippen LogP contribution in [0.5, 0.6) is 0 Å². The van der Waals surface area contributed by atoms with E-state index in [2.05, 4.69) is 0 Å². The van der Waals surface area contributed by atoms with Gasteiger partial charge in [0.15, 0.2) is 0 Å². The minimum Gasteiger partial charge on any atom is -0.463 e. The number of benzene rings is 1. The molecule has 19 heavy (non-hydrogen) atoms. The van der Waals surface area contributed by atoms with Crippen LogP contribution in [0.2, 0.25) is 0 Å². The molecule has 0 aliphatic heterocycles. The van der Waals surface area contributed by atoms with E-state index in [4.69, 9.17) is 4.42 Å². The van der Waals surface area contributed by atoms with Crippen LogP contribution in [0, 0.1) is 0 Å². The molecule has 2 atom stereocenters. The van der Waals surface area contributed by atoms with Crippen molar-refractivity contribution < 1.29 is 13.4 Å². The third-order valence-corrected chi connectivity index (χ3v) is 4.12. The first-order valence-corrected chi connectivity index (χ1v) is 7.77. The van der Waals surface area contributed by atoms with E-state index in [0.717, 1.165) is 5.39 Å². The SMILES string of the molecule is C[C@@H](C[S@@](C)=O)N(C)C(=O)c1coc2ccccc12. The molecule has 2 rings (SSSR count). The summed E-state index contributed by atoms with van der Waals surface area (Å²) in [6, 6.07) is 7.36. The highest BCUT2D eigenvalue weighted by Gasteiger charge is 2.21. The molecule has 1 aromatic heterocycles. The Balaban J connectivity index is 2.26. The van der Waals surface area contributed by atoms with Crippen molar-refractivity contribution in [1.29, 1.82) is 0 Å². The van der Waals surface area contributed by atoms with Crippen LogP contribution in [0.15, 0.2) is 34.9 Å². The predicted octanol–water partition coefficient (Wildman–Crippen LogP) is 2.27. The molecular weight excluding hydrogens is 262 g/mol. The number of rotatable bonds is 4. The minimum absolute atomic E-state index is 0.0769. The molecule has 1 aromatic carbocycles. The number of fused-ring (bicyclic) bond motifs is 1. The number of furan rings is 1. The normalized spacial score (nSPS) is 14.3. The van der Waals surface area contributed by atoms with Crippen molar-refractivity contribution in [3.05, 3.63) is 36.1 Å². The predicted molar refractivity (Wildman–Crippen MR) is 76.7 cm³/mol. The average molecular weight is 279 g/mol. The third-order valence-electron chi connectivity index (χ3n) is 3.17. The number of hydrogen-bond acceptors (Lipinski definition) is 3. The lowest BCUT2D eigenvalue weighted by atomic mass is 10.1. The average Bonchev–Trinajstić information content (AvgIpc) is 2.80. The van der Waals surface area contributed by atoms with Gasteiger partial charge >= 0.3 is 0 Å². The number of amides is 1. The summed E-state index contributed by atoms with van der Waals surface area (Å²) >= 11 is 0. The van der Waals surface area contributed by atoms with Crippen molar-refractivity contribution >= 4 is 27.7 Å². The first-order chi connectivity index (χ1) is 9.00. The zero-order chi connectivity index (χ0) is 14.0. The molecule has 0 saturated heterocycles. The smallest absolute Gasteiger partial charge is 0.257 e. The van der Waals surface area contributed by atoms with E-state index in [1.165, 1.54) is 6.26 Å². The highest BCUT2D eigenvalue weighted by atomic mass is 32.2. The van der Waals surface area contributed by atoms with Crippen molar-refractivity contribution in [2.24, 2.45) is 0 Å². The van der Waals surface area contributed by atoms with Crippen LogP contribution in [0.25, 0.3) is 11.0 Å². The summed E-state index contributed by atoms with van der Waals surface area (Å²) in [6.07, 6.45) is 3.13. The molecule has 0 N–H and O–H groups in total. The summed E-state index contributed by atoms with van der Waals surface area (Å²) in [5, 5.41) is 0.809. The van der Waals surface area contributed by atoms with Gasteiger partial charge in [0.05, 0.1) is 5.56 Å². The Morgan fingerprint density at radius 3 is 2.79 bits per heavy atom. The molecule has 0 unspecified atom stereocenters. The molecule has 102 valence electrons. The van der Waals surface area contributed by atoms with E-state index < -0.39 is 10.8 Å². The molecule has 1 heterocycles. The van der Waals surface area contributed by atoms with Crippen LogP contribution in [-0.4, -0.2) is 40.1 Å². The molecule has 0 spiro atoms. The standard InChI is InChI=1S/C14H17NO3S/c1-10(9-19(3)17)15(2)14(16)12-8-18-13-7-5-4-6-11(12)13/h4-8,10H,9H2,1-3H3/t10-,19+/m0/s1. The van der Waals surface area contributed by atoms with Gasteiger partial charge in [-0.2, -0.15) is 0 Å². The number of carbonyl (C=O) groups is 1. The van der Waals surface area contributed by atoms with Crippen LogP contribution in [-0.2, 0) is 10.8 Å². The third kappa shape index (κ3) is 2.87. The summed E-state index contributed by atoms with van der Waals surface area (Å²) in [4.78, 5) is 14.0. The zero-order valence-corrected chi connectivity index (χ0v) is 12.1. The second-order valence-electron chi connectivity index (χ2n) is 4.65. The lowest BCUT2D eigenvalue weighted by molar-refractivity contribution is 0.0758. The second kappa shape index (κ2) is 5.57. The van der Waals surface area contributed by atoms with Crippen LogP contribution in [0.1, 0.15) is 17.3 Å². The van der Waals surface area contributed by atoms with Crippen LogP contribution >= 0.6 is 0 Å². The first-order valence-electron chi connectivity index (χ1n) is 6.04. The fourth-order valence-electron chi connectivity index (χ4n) is 1.99. The maximum absolute atomic E-state index is 12.4. The number of carbonyl (C=O) groups excluding carboxylic acids is 1. The topological polar surface area (TPSA) is 50.5 Å². The van der Waals surface area contributed by atoms with E-state index in [-0.39, 0.29) is 11.9 Å². The van der Waals surface area contributed by atoms with Gasteiger partial charge in [-0.3, -0.25) is 9.00 Å². The van der Waals surface area contributed by atoms with Gasteiger partial charge in [0, 0.05) is 41.3 Å². The number of para-hydroxylation sites is 1. The molecule has 1 amide bonds. The van der Waals surface area contributed by atoms with Gasteiger partial charge in [0.25, 0.3) is 5.91 Å². The van der Waals surface area contributed by atoms with E-state index >= 15 is 0 Å². The van der Waals surface area contributed by atoms with Crippen LogP contribution in [0.3, 0.4) is 0 Å². The monoisotopic (exact) mass is 279 g/mol. The molecule has 0 aliphatic rings. The lowest BCUT2D eigenvalue weighted by Gasteiger charge is -2.23. The van der Waals surface area contributed by atoms with Crippen molar-refractivity contribution in [3.8, 4) is 0 Å². The Morgan fingerprint density at radius 2 is 2.11 bits per heavy atom. The van der Waals surface area contributed by atoms with Gasteiger partial charge in [0.2, 0.25) is 0 Å². The molecule has 0 bridgehead atoms. The Labute approximate surface area is 114 Å². The van der Waals surface area contributed by atoms with Gasteiger partial charge in [-0.25, -0.2) is 0 Å². The Hall–Kier alpha value is -1.62. The van der Waals surface area contributed by atoms with Crippen molar-refractivity contribution in [1.82, 2.24) is 4.90 Å². The zero-order valence-electron chi connectivity index (χ0n) is 11.3. The fraction of sp³-hybridized carbons (Fsp3) is 0.357. The molecule has 0 saturated carbocycles. The lowest BCUT2D eigenvalue weighted by Crippen LogP contribution is -2.38. The molecule has 0 radical (unpaired) electrons. The largest absolute Gasteiger partial charge is 0.463 e. The van der Waals surface area contributed by atoms with Gasteiger partial charge in [-0.15, -0.1) is 0 Å². The molecule has 0 fully saturated rings. The van der Waals surface area contributed by atoms with Crippen molar-refractivity contribution in [3.63, 3.8) is 0 Å². The Bertz CT molecular complexity index is 620. The molecular formula is C14H17NO3S. The van der Waals surface area contributed by atoms with Crippen LogP contribution < -0.4 is 0 Å². The summed E-state index contributed by atoms with van der Waals surface area (Å²) in [7, 11) is 0.800. The molecule has 5 heteroatoms. The Morgan fingerprint density at radius 1 is 1.42 bits per heavy atom. The maximum Gasteiger partial charge on any atom is 0.257 e. The minimum atomic E-state index is -0.924. The molecule has 4 nitrogen and oxygen atoms in total. The van der Waals surface area contributed by atoms with E-state index in [9.17, 15) is 9.00 Å². The molecule has 2 aromatic rings. The highest BCUT2D eigenvalue weighted by molar-refractivity contribution is 7.84. The quantitative estimate of drug-likeness (QED) is 0.862. The first kappa shape index (κ1) is 13.8. The number of hydrogen-bond donors (Lipinski definition) is 0. The fourth-order valence-corrected chi connectivity index (χ4v) is 2.89. The van der Waals surface area contributed by atoms with Gasteiger partial charge < -0.3 is 9.32 Å². The van der Waals surface area contributed by atoms with Gasteiger partial charge in [-0.1, -0.05) is 18.2 Å². The van der Waals surface area contributed by atoms with Crippen LogP contribution in [0.4, 0.5) is 0 Å². The summed E-state index contributed by atoms with van der Waals surface area (Å²) in [6.45, 7) is 1.89. The van der Waals surface area contributed by atoms with E-state index in [0.29, 0.717) is 16.9 Å². The van der Waals surface area contributed by atoms with Crippen molar-refractivity contribution in [2.75, 3.05) is 19.1 Å². The van der Waals surface area contributed by atoms with Gasteiger partial charge in [-0.05, 0) is 13.0 Å². The van der Waals surface area contributed by atoms with E-state index in [1.54, 1.807) is 18.2 Å². The number of nitrogens with zero attached hydrogens (tertiary/aromatic N) is 1. The maximum atomic E-state index is 12.4. The second-order valence-corrected chi connectivity index (χ2v) is 6.13.